The van der Waals surface area contributed by atoms with Crippen LogP contribution in [-0.4, -0.2) is 75.6 Å². The van der Waals surface area contributed by atoms with Gasteiger partial charge in [0.15, 0.2) is 0 Å². The Morgan fingerprint density at radius 3 is 2.54 bits per heavy atom. The van der Waals surface area contributed by atoms with Crippen molar-refractivity contribution in [2.75, 3.05) is 32.8 Å². The highest BCUT2D eigenvalue weighted by Crippen LogP contribution is 2.37. The second-order valence-electron chi connectivity index (χ2n) is 11.3. The van der Waals surface area contributed by atoms with Gasteiger partial charge in [0.25, 0.3) is 5.91 Å². The fraction of sp³-hybridized carbons (Fsp3) is 0.500. The number of nitrogens with one attached hydrogen (secondary N) is 1. The van der Waals surface area contributed by atoms with E-state index in [0.717, 1.165) is 45.8 Å². The van der Waals surface area contributed by atoms with Crippen LogP contribution in [0.2, 0.25) is 5.02 Å². The smallest absolute Gasteiger partial charge is 0.253 e. The number of imidazole rings is 1. The summed E-state index contributed by atoms with van der Waals surface area (Å²) >= 11 is 6.37. The number of benzene rings is 2. The third-order valence-electron chi connectivity index (χ3n) is 8.09. The number of hydrogen-bond acceptors (Lipinski definition) is 5. The number of aliphatic hydroxyl groups excluding tert-OH is 1. The number of amides is 2. The molecule has 2 N–H and O–H groups in total. The number of ether oxygens (including phenoxy) is 1. The Hall–Kier alpha value is -3.10. The fourth-order valence-electron chi connectivity index (χ4n) is 5.92. The van der Waals surface area contributed by atoms with Crippen molar-refractivity contribution < 1.29 is 19.4 Å². The molecule has 0 saturated carbocycles. The SMILES string of the molecule is Cc1nc2ccc(C(=O)N3CCC[C@](COc4cc(C)c(Cl)c(C)c4)(CC(=O)N4CCC(O)CC4)C3)cc2[nH]1. The summed E-state index contributed by atoms with van der Waals surface area (Å²) in [5, 5.41) is 10.6. The molecule has 3 heterocycles. The second kappa shape index (κ2) is 11.2. The van der Waals surface area contributed by atoms with Gasteiger partial charge in [-0.2, -0.15) is 0 Å². The summed E-state index contributed by atoms with van der Waals surface area (Å²) in [6.45, 7) is 8.28. The maximum absolute atomic E-state index is 13.7. The quantitative estimate of drug-likeness (QED) is 0.457. The topological polar surface area (TPSA) is 98.8 Å². The molecule has 2 aliphatic heterocycles. The lowest BCUT2D eigenvalue weighted by molar-refractivity contribution is -0.137. The average Bonchev–Trinajstić information content (AvgIpc) is 3.29. The van der Waals surface area contributed by atoms with Crippen LogP contribution in [0.15, 0.2) is 30.3 Å². The molecule has 0 spiro atoms. The van der Waals surface area contributed by atoms with Crippen LogP contribution < -0.4 is 4.74 Å². The van der Waals surface area contributed by atoms with Crippen molar-refractivity contribution in [3.8, 4) is 5.75 Å². The van der Waals surface area contributed by atoms with E-state index >= 15 is 0 Å². The number of aromatic nitrogens is 2. The van der Waals surface area contributed by atoms with Crippen molar-refractivity contribution in [2.24, 2.45) is 5.41 Å². The summed E-state index contributed by atoms with van der Waals surface area (Å²) in [5.74, 6) is 1.52. The zero-order valence-electron chi connectivity index (χ0n) is 22.9. The van der Waals surface area contributed by atoms with Crippen LogP contribution in [0, 0.1) is 26.2 Å². The summed E-state index contributed by atoms with van der Waals surface area (Å²) in [6.07, 6.45) is 2.70. The molecule has 2 aliphatic rings. The number of aliphatic hydroxyl groups is 1. The standard InChI is InChI=1S/C30H37ClN4O4/c1-19-13-24(14-20(2)28(19)31)39-18-30(16-27(37)34-11-7-23(36)8-12-34)9-4-10-35(17-30)29(38)22-5-6-25-26(15-22)33-21(3)32-25/h5-6,13-15,23,36H,4,7-12,16-18H2,1-3H3,(H,32,33)/t30-/m0/s1. The summed E-state index contributed by atoms with van der Waals surface area (Å²) in [6, 6.07) is 9.38. The predicted molar refractivity (Wildman–Crippen MR) is 151 cm³/mol. The third kappa shape index (κ3) is 6.07. The molecule has 2 fully saturated rings. The molecule has 208 valence electrons. The van der Waals surface area contributed by atoms with Gasteiger partial charge in [-0.15, -0.1) is 0 Å². The van der Waals surface area contributed by atoms with Gasteiger partial charge in [0.05, 0.1) is 23.7 Å². The van der Waals surface area contributed by atoms with Crippen LogP contribution in [0.3, 0.4) is 0 Å². The molecule has 1 aromatic heterocycles. The van der Waals surface area contributed by atoms with Crippen molar-refractivity contribution in [2.45, 2.75) is 59.0 Å². The van der Waals surface area contributed by atoms with E-state index in [1.54, 1.807) is 0 Å². The highest BCUT2D eigenvalue weighted by molar-refractivity contribution is 6.32. The maximum Gasteiger partial charge on any atom is 0.253 e. The van der Waals surface area contributed by atoms with Gasteiger partial charge in [0.1, 0.15) is 11.6 Å². The van der Waals surface area contributed by atoms with Crippen molar-refractivity contribution >= 4 is 34.4 Å². The number of likely N-dealkylation sites (tertiary alicyclic amines) is 2. The summed E-state index contributed by atoms with van der Waals surface area (Å²) in [7, 11) is 0. The van der Waals surface area contributed by atoms with E-state index in [1.807, 2.05) is 60.9 Å². The number of fused-ring (bicyclic) bond motifs is 1. The second-order valence-corrected chi connectivity index (χ2v) is 11.7. The number of halogens is 1. The molecule has 1 atom stereocenters. The van der Waals surface area contributed by atoms with Gasteiger partial charge in [-0.1, -0.05) is 11.6 Å². The molecule has 0 aliphatic carbocycles. The van der Waals surface area contributed by atoms with E-state index in [9.17, 15) is 14.7 Å². The third-order valence-corrected chi connectivity index (χ3v) is 8.69. The Balaban J connectivity index is 1.38. The highest BCUT2D eigenvalue weighted by atomic mass is 35.5. The predicted octanol–water partition coefficient (Wildman–Crippen LogP) is 4.82. The van der Waals surface area contributed by atoms with E-state index in [-0.39, 0.29) is 24.3 Å². The lowest BCUT2D eigenvalue weighted by Gasteiger charge is -2.43. The lowest BCUT2D eigenvalue weighted by Crippen LogP contribution is -2.51. The van der Waals surface area contributed by atoms with Crippen molar-refractivity contribution in [3.63, 3.8) is 0 Å². The molecule has 0 radical (unpaired) electrons. The van der Waals surface area contributed by atoms with Gasteiger partial charge in [0, 0.05) is 48.6 Å². The van der Waals surface area contributed by atoms with Crippen LogP contribution in [0.1, 0.15) is 59.4 Å². The Kier molecular flexibility index (Phi) is 7.87. The molecular formula is C30H37ClN4O4. The van der Waals surface area contributed by atoms with E-state index in [4.69, 9.17) is 16.3 Å². The lowest BCUT2D eigenvalue weighted by atomic mass is 9.77. The monoisotopic (exact) mass is 552 g/mol. The maximum atomic E-state index is 13.7. The number of nitrogens with zero attached hydrogens (tertiary/aromatic N) is 3. The van der Waals surface area contributed by atoms with Crippen LogP contribution in [-0.2, 0) is 4.79 Å². The minimum atomic E-state index is -0.531. The zero-order chi connectivity index (χ0) is 27.7. The molecular weight excluding hydrogens is 516 g/mol. The first kappa shape index (κ1) is 27.5. The van der Waals surface area contributed by atoms with Crippen LogP contribution in [0.25, 0.3) is 11.0 Å². The van der Waals surface area contributed by atoms with E-state index in [2.05, 4.69) is 9.97 Å². The molecule has 2 amide bonds. The van der Waals surface area contributed by atoms with Crippen molar-refractivity contribution in [3.05, 3.63) is 57.9 Å². The Morgan fingerprint density at radius 2 is 1.82 bits per heavy atom. The number of carbonyl (C=O) groups excluding carboxylic acids is 2. The highest BCUT2D eigenvalue weighted by Gasteiger charge is 2.41. The summed E-state index contributed by atoms with van der Waals surface area (Å²) < 4.78 is 6.34. The number of H-pyrrole nitrogens is 1. The zero-order valence-corrected chi connectivity index (χ0v) is 23.7. The Bertz CT molecular complexity index is 1360. The molecule has 9 heteroatoms. The molecule has 8 nitrogen and oxygen atoms in total. The van der Waals surface area contributed by atoms with Gasteiger partial charge in [-0.05, 0) is 87.9 Å². The van der Waals surface area contributed by atoms with Crippen LogP contribution in [0.5, 0.6) is 5.75 Å². The number of carbonyl (C=O) groups is 2. The van der Waals surface area contributed by atoms with Crippen molar-refractivity contribution in [1.29, 1.82) is 0 Å². The van der Waals surface area contributed by atoms with E-state index in [0.29, 0.717) is 56.9 Å². The average molecular weight is 553 g/mol. The molecule has 5 rings (SSSR count). The number of rotatable bonds is 6. The number of aromatic amines is 1. The molecule has 0 bridgehead atoms. The summed E-state index contributed by atoms with van der Waals surface area (Å²) in [4.78, 5) is 38.5. The minimum absolute atomic E-state index is 0.0534. The van der Waals surface area contributed by atoms with Gasteiger partial charge >= 0.3 is 0 Å². The fourth-order valence-corrected chi connectivity index (χ4v) is 6.03. The van der Waals surface area contributed by atoms with E-state index in [1.165, 1.54) is 0 Å². The van der Waals surface area contributed by atoms with Gasteiger partial charge in [-0.25, -0.2) is 4.98 Å². The van der Waals surface area contributed by atoms with E-state index < -0.39 is 5.41 Å². The molecule has 2 saturated heterocycles. The summed E-state index contributed by atoms with van der Waals surface area (Å²) in [5.41, 5.74) is 3.61. The molecule has 3 aromatic rings. The van der Waals surface area contributed by atoms with Crippen molar-refractivity contribution in [1.82, 2.24) is 19.8 Å². The van der Waals surface area contributed by atoms with Crippen LogP contribution in [0.4, 0.5) is 0 Å². The largest absolute Gasteiger partial charge is 0.493 e. The Morgan fingerprint density at radius 1 is 1.10 bits per heavy atom. The number of hydrogen-bond donors (Lipinski definition) is 2. The van der Waals surface area contributed by atoms with Crippen LogP contribution >= 0.6 is 11.6 Å². The molecule has 2 aromatic carbocycles. The van der Waals surface area contributed by atoms with Gasteiger partial charge < -0.3 is 24.6 Å². The molecule has 39 heavy (non-hydrogen) atoms. The first-order valence-corrected chi connectivity index (χ1v) is 14.1. The minimum Gasteiger partial charge on any atom is -0.493 e. The van der Waals surface area contributed by atoms with Gasteiger partial charge in [0.2, 0.25) is 5.91 Å². The first-order valence-electron chi connectivity index (χ1n) is 13.7. The van der Waals surface area contributed by atoms with Gasteiger partial charge in [-0.3, -0.25) is 9.59 Å². The normalized spacial score (nSPS) is 20.4. The number of piperidine rings is 2. The molecule has 0 unspecified atom stereocenters. The Labute approximate surface area is 234 Å². The number of aryl methyl sites for hydroxylation is 3. The first-order chi connectivity index (χ1) is 18.6.